The Balaban J connectivity index is 2.28. The van der Waals surface area contributed by atoms with Crippen LogP contribution in [0, 0.1) is 0 Å². The second kappa shape index (κ2) is 7.50. The van der Waals surface area contributed by atoms with E-state index in [-0.39, 0.29) is 24.2 Å². The van der Waals surface area contributed by atoms with Crippen LogP contribution in [0.5, 0.6) is 0 Å². The summed E-state index contributed by atoms with van der Waals surface area (Å²) in [5.41, 5.74) is 0. The fourth-order valence-electron chi connectivity index (χ4n) is 1.84. The highest BCUT2D eigenvalue weighted by Crippen LogP contribution is 2.02. The van der Waals surface area contributed by atoms with E-state index in [0.29, 0.717) is 13.1 Å². The topological polar surface area (TPSA) is 52.6 Å². The number of amides is 3. The standard InChI is InChI=1S/C11H20ClN3O2/c1-2-5-14-6-8-15(9-7-14)11(17)13-10(16)3-4-12/h2-9H2,1H3,(H,13,16,17). The lowest BCUT2D eigenvalue weighted by molar-refractivity contribution is -0.119. The summed E-state index contributed by atoms with van der Waals surface area (Å²) in [5.74, 6) is -0.0652. The number of hydrogen-bond acceptors (Lipinski definition) is 3. The van der Waals surface area contributed by atoms with E-state index in [1.807, 2.05) is 0 Å². The van der Waals surface area contributed by atoms with Gasteiger partial charge in [0.05, 0.1) is 0 Å². The van der Waals surface area contributed by atoms with E-state index >= 15 is 0 Å². The van der Waals surface area contributed by atoms with Crippen LogP contribution in [0.1, 0.15) is 19.8 Å². The molecule has 17 heavy (non-hydrogen) atoms. The molecule has 1 aliphatic heterocycles. The predicted molar refractivity (Wildman–Crippen MR) is 67.2 cm³/mol. The van der Waals surface area contributed by atoms with Crippen LogP contribution >= 0.6 is 11.6 Å². The minimum atomic E-state index is -0.305. The fraction of sp³-hybridized carbons (Fsp3) is 0.818. The summed E-state index contributed by atoms with van der Waals surface area (Å²) in [6.07, 6.45) is 1.31. The normalized spacial score (nSPS) is 16.9. The molecule has 6 heteroatoms. The summed E-state index contributed by atoms with van der Waals surface area (Å²) >= 11 is 5.43. The predicted octanol–water partition coefficient (Wildman–Crippen LogP) is 0.879. The minimum Gasteiger partial charge on any atom is -0.322 e. The third-order valence-electron chi connectivity index (χ3n) is 2.77. The molecule has 0 aliphatic carbocycles. The second-order valence-electron chi connectivity index (χ2n) is 4.12. The first-order chi connectivity index (χ1) is 8.17. The van der Waals surface area contributed by atoms with Crippen LogP contribution in [0.25, 0.3) is 0 Å². The number of alkyl halides is 1. The van der Waals surface area contributed by atoms with E-state index in [4.69, 9.17) is 11.6 Å². The van der Waals surface area contributed by atoms with Crippen molar-refractivity contribution >= 4 is 23.5 Å². The van der Waals surface area contributed by atoms with Crippen molar-refractivity contribution in [3.05, 3.63) is 0 Å². The number of hydrogen-bond donors (Lipinski definition) is 1. The molecule has 3 amide bonds. The van der Waals surface area contributed by atoms with Gasteiger partial charge in [-0.15, -0.1) is 11.6 Å². The summed E-state index contributed by atoms with van der Waals surface area (Å²) in [5, 5.41) is 2.34. The van der Waals surface area contributed by atoms with Crippen molar-refractivity contribution in [2.24, 2.45) is 0 Å². The summed E-state index contributed by atoms with van der Waals surface area (Å²) < 4.78 is 0. The van der Waals surface area contributed by atoms with Crippen LogP contribution in [0.15, 0.2) is 0 Å². The molecule has 5 nitrogen and oxygen atoms in total. The van der Waals surface area contributed by atoms with E-state index in [0.717, 1.165) is 26.1 Å². The SMILES string of the molecule is CCCN1CCN(C(=O)NC(=O)CCCl)CC1. The number of nitrogens with zero attached hydrogens (tertiary/aromatic N) is 2. The zero-order valence-electron chi connectivity index (χ0n) is 10.2. The van der Waals surface area contributed by atoms with E-state index in [1.54, 1.807) is 4.90 Å². The molecule has 0 radical (unpaired) electrons. The molecule has 1 heterocycles. The Morgan fingerprint density at radius 2 is 1.88 bits per heavy atom. The third-order valence-corrected chi connectivity index (χ3v) is 2.96. The Kier molecular flexibility index (Phi) is 6.29. The Morgan fingerprint density at radius 1 is 1.24 bits per heavy atom. The lowest BCUT2D eigenvalue weighted by Gasteiger charge is -2.34. The first-order valence-electron chi connectivity index (χ1n) is 6.04. The molecule has 1 saturated heterocycles. The van der Waals surface area contributed by atoms with Crippen molar-refractivity contribution in [3.63, 3.8) is 0 Å². The molecule has 98 valence electrons. The maximum atomic E-state index is 11.7. The van der Waals surface area contributed by atoms with Gasteiger partial charge in [-0.3, -0.25) is 15.0 Å². The smallest absolute Gasteiger partial charge is 0.322 e. The van der Waals surface area contributed by atoms with E-state index < -0.39 is 0 Å². The van der Waals surface area contributed by atoms with Gasteiger partial charge in [-0.2, -0.15) is 0 Å². The van der Waals surface area contributed by atoms with Gasteiger partial charge in [0.15, 0.2) is 0 Å². The molecule has 0 unspecified atom stereocenters. The number of urea groups is 1. The molecule has 1 fully saturated rings. The third kappa shape index (κ3) is 4.91. The van der Waals surface area contributed by atoms with Gasteiger partial charge < -0.3 is 4.90 Å². The van der Waals surface area contributed by atoms with Gasteiger partial charge in [-0.1, -0.05) is 6.92 Å². The number of imide groups is 1. The highest BCUT2D eigenvalue weighted by molar-refractivity contribution is 6.19. The summed E-state index contributed by atoms with van der Waals surface area (Å²) in [6.45, 7) is 6.33. The summed E-state index contributed by atoms with van der Waals surface area (Å²) in [6, 6.07) is -0.295. The quantitative estimate of drug-likeness (QED) is 0.765. The maximum Gasteiger partial charge on any atom is 0.324 e. The first-order valence-corrected chi connectivity index (χ1v) is 6.58. The highest BCUT2D eigenvalue weighted by Gasteiger charge is 2.21. The van der Waals surface area contributed by atoms with Gasteiger partial charge in [0, 0.05) is 38.5 Å². The van der Waals surface area contributed by atoms with Crippen LogP contribution in [-0.2, 0) is 4.79 Å². The fourth-order valence-corrected chi connectivity index (χ4v) is 2.01. The number of halogens is 1. The van der Waals surface area contributed by atoms with Crippen molar-refractivity contribution in [3.8, 4) is 0 Å². The number of nitrogens with one attached hydrogen (secondary N) is 1. The zero-order valence-corrected chi connectivity index (χ0v) is 11.0. The molecular formula is C11H20ClN3O2. The molecule has 0 spiro atoms. The monoisotopic (exact) mass is 261 g/mol. The number of piperazine rings is 1. The number of rotatable bonds is 4. The Morgan fingerprint density at radius 3 is 2.41 bits per heavy atom. The van der Waals surface area contributed by atoms with Gasteiger partial charge in [0.2, 0.25) is 5.91 Å². The second-order valence-corrected chi connectivity index (χ2v) is 4.50. The summed E-state index contributed by atoms with van der Waals surface area (Å²) in [7, 11) is 0. The van der Waals surface area contributed by atoms with E-state index in [2.05, 4.69) is 17.1 Å². The zero-order chi connectivity index (χ0) is 12.7. The molecule has 1 aliphatic rings. The van der Waals surface area contributed by atoms with Crippen LogP contribution in [0.3, 0.4) is 0 Å². The summed E-state index contributed by atoms with van der Waals surface area (Å²) in [4.78, 5) is 26.9. The van der Waals surface area contributed by atoms with Crippen LogP contribution in [0.4, 0.5) is 4.79 Å². The van der Waals surface area contributed by atoms with Gasteiger partial charge in [0.25, 0.3) is 0 Å². The maximum absolute atomic E-state index is 11.7. The van der Waals surface area contributed by atoms with Crippen molar-refractivity contribution < 1.29 is 9.59 Å². The number of carbonyl (C=O) groups excluding carboxylic acids is 2. The average Bonchev–Trinajstić information content (AvgIpc) is 2.30. The van der Waals surface area contributed by atoms with Gasteiger partial charge in [-0.25, -0.2) is 4.79 Å². The molecule has 0 aromatic carbocycles. The average molecular weight is 262 g/mol. The highest BCUT2D eigenvalue weighted by atomic mass is 35.5. The van der Waals surface area contributed by atoms with Gasteiger partial charge in [0.1, 0.15) is 0 Å². The van der Waals surface area contributed by atoms with Crippen molar-refractivity contribution in [2.45, 2.75) is 19.8 Å². The van der Waals surface area contributed by atoms with Crippen LogP contribution in [0.2, 0.25) is 0 Å². The van der Waals surface area contributed by atoms with Crippen LogP contribution in [-0.4, -0.2) is 60.3 Å². The van der Waals surface area contributed by atoms with Crippen molar-refractivity contribution in [2.75, 3.05) is 38.6 Å². The number of carbonyl (C=O) groups is 2. The Labute approximate surface area is 107 Å². The Hall–Kier alpha value is -0.810. The molecule has 0 atom stereocenters. The molecule has 0 bridgehead atoms. The largest absolute Gasteiger partial charge is 0.324 e. The molecule has 1 N–H and O–H groups in total. The lowest BCUT2D eigenvalue weighted by Crippen LogP contribution is -2.52. The molecule has 0 saturated carbocycles. The Bertz CT molecular complexity index is 265. The van der Waals surface area contributed by atoms with Gasteiger partial charge in [-0.05, 0) is 13.0 Å². The first kappa shape index (κ1) is 14.3. The van der Waals surface area contributed by atoms with E-state index in [9.17, 15) is 9.59 Å². The molecule has 0 aromatic heterocycles. The lowest BCUT2D eigenvalue weighted by atomic mass is 10.3. The minimum absolute atomic E-state index is 0.184. The van der Waals surface area contributed by atoms with Crippen LogP contribution < -0.4 is 5.32 Å². The molecule has 1 rings (SSSR count). The molecular weight excluding hydrogens is 242 g/mol. The van der Waals surface area contributed by atoms with Crippen molar-refractivity contribution in [1.29, 1.82) is 0 Å². The van der Waals surface area contributed by atoms with Crippen molar-refractivity contribution in [1.82, 2.24) is 15.1 Å². The molecule has 0 aromatic rings. The van der Waals surface area contributed by atoms with Gasteiger partial charge >= 0.3 is 6.03 Å². The van der Waals surface area contributed by atoms with E-state index in [1.165, 1.54) is 0 Å².